The lowest BCUT2D eigenvalue weighted by atomic mass is 10.2. The zero-order valence-corrected chi connectivity index (χ0v) is 13.7. The van der Waals surface area contributed by atoms with Gasteiger partial charge in [0.15, 0.2) is 11.5 Å². The molecular formula is C17H11ClN2O5. The third-order valence-corrected chi connectivity index (χ3v) is 3.45. The summed E-state index contributed by atoms with van der Waals surface area (Å²) in [5.74, 6) is -0.480. The predicted octanol–water partition coefficient (Wildman–Crippen LogP) is 4.01. The summed E-state index contributed by atoms with van der Waals surface area (Å²) in [4.78, 5) is 22.5. The van der Waals surface area contributed by atoms with Gasteiger partial charge in [-0.15, -0.1) is 0 Å². The molecule has 0 bridgehead atoms. The fourth-order valence-corrected chi connectivity index (χ4v) is 2.14. The Morgan fingerprint density at radius 2 is 2.04 bits per heavy atom. The van der Waals surface area contributed by atoms with E-state index in [1.807, 2.05) is 6.07 Å². The monoisotopic (exact) mass is 358 g/mol. The maximum atomic E-state index is 12.3. The van der Waals surface area contributed by atoms with Crippen LogP contribution in [-0.2, 0) is 0 Å². The summed E-state index contributed by atoms with van der Waals surface area (Å²) in [5.41, 5.74) is 0.262. The van der Waals surface area contributed by atoms with Crippen LogP contribution in [-0.4, -0.2) is 18.0 Å². The molecule has 0 amide bonds. The molecule has 0 spiro atoms. The fraction of sp³-hybridized carbons (Fsp3) is 0.0588. The molecule has 0 atom stereocenters. The second-order valence-electron chi connectivity index (χ2n) is 4.68. The molecule has 0 unspecified atom stereocenters. The highest BCUT2D eigenvalue weighted by Gasteiger charge is 2.19. The van der Waals surface area contributed by atoms with Gasteiger partial charge in [-0.25, -0.2) is 4.79 Å². The van der Waals surface area contributed by atoms with Gasteiger partial charge in [-0.1, -0.05) is 17.7 Å². The number of halogens is 1. The first-order chi connectivity index (χ1) is 12.0. The van der Waals surface area contributed by atoms with Crippen LogP contribution in [0.4, 0.5) is 5.69 Å². The topological polar surface area (TPSA) is 102 Å². The Morgan fingerprint density at radius 3 is 2.68 bits per heavy atom. The molecule has 2 aromatic carbocycles. The molecule has 0 aliphatic rings. The van der Waals surface area contributed by atoms with Crippen molar-refractivity contribution < 1.29 is 19.2 Å². The molecule has 0 aromatic heterocycles. The van der Waals surface area contributed by atoms with Crippen molar-refractivity contribution in [1.29, 1.82) is 5.26 Å². The normalized spacial score (nSPS) is 10.3. The van der Waals surface area contributed by atoms with Crippen molar-refractivity contribution in [2.75, 3.05) is 7.11 Å². The first-order valence-corrected chi connectivity index (χ1v) is 7.24. The van der Waals surface area contributed by atoms with Crippen LogP contribution >= 0.6 is 11.6 Å². The molecule has 0 fully saturated rings. The van der Waals surface area contributed by atoms with Crippen LogP contribution < -0.4 is 9.47 Å². The number of allylic oxidation sites excluding steroid dienone is 1. The average Bonchev–Trinajstić information content (AvgIpc) is 2.60. The van der Waals surface area contributed by atoms with Crippen LogP contribution in [0.1, 0.15) is 15.9 Å². The summed E-state index contributed by atoms with van der Waals surface area (Å²) in [7, 11) is 1.39. The molecule has 2 aromatic rings. The minimum absolute atomic E-state index is 0.0307. The van der Waals surface area contributed by atoms with E-state index in [-0.39, 0.29) is 27.8 Å². The van der Waals surface area contributed by atoms with E-state index in [2.05, 4.69) is 0 Å². The van der Waals surface area contributed by atoms with Crippen molar-refractivity contribution in [1.82, 2.24) is 0 Å². The molecule has 0 heterocycles. The molecule has 0 saturated carbocycles. The third kappa shape index (κ3) is 4.34. The van der Waals surface area contributed by atoms with Crippen LogP contribution in [0.25, 0.3) is 6.08 Å². The number of nitro groups is 1. The number of carbonyl (C=O) groups excluding carboxylic acids is 1. The van der Waals surface area contributed by atoms with Crippen molar-refractivity contribution in [2.24, 2.45) is 0 Å². The first-order valence-electron chi connectivity index (χ1n) is 6.86. The van der Waals surface area contributed by atoms with E-state index in [0.717, 1.165) is 6.07 Å². The van der Waals surface area contributed by atoms with E-state index in [1.165, 1.54) is 31.4 Å². The standard InChI is InChI=1S/C17H11ClN2O5/c1-24-16-9-11(3-2-8-19)4-7-15(16)25-17(21)13-10-12(20(22)23)5-6-14(13)18/h2-7,9-10H,1H3/b3-2-. The zero-order chi connectivity index (χ0) is 18.4. The number of nitrogens with zero attached hydrogens (tertiary/aromatic N) is 2. The molecule has 126 valence electrons. The Bertz CT molecular complexity index is 902. The molecule has 0 N–H and O–H groups in total. The molecule has 0 saturated heterocycles. The predicted molar refractivity (Wildman–Crippen MR) is 90.7 cm³/mol. The number of non-ortho nitro benzene ring substituents is 1. The summed E-state index contributed by atoms with van der Waals surface area (Å²) >= 11 is 5.92. The highest BCUT2D eigenvalue weighted by atomic mass is 35.5. The number of esters is 1. The van der Waals surface area contributed by atoms with Gasteiger partial charge >= 0.3 is 5.97 Å². The lowest BCUT2D eigenvalue weighted by Gasteiger charge is -2.10. The number of ether oxygens (including phenoxy) is 2. The van der Waals surface area contributed by atoms with Crippen LogP contribution in [0, 0.1) is 21.4 Å². The van der Waals surface area contributed by atoms with Gasteiger partial charge in [-0.05, 0) is 29.8 Å². The van der Waals surface area contributed by atoms with Crippen LogP contribution in [0.5, 0.6) is 11.5 Å². The van der Waals surface area contributed by atoms with E-state index in [9.17, 15) is 14.9 Å². The molecule has 8 heteroatoms. The summed E-state index contributed by atoms with van der Waals surface area (Å²) in [6, 6.07) is 10.0. The van der Waals surface area contributed by atoms with Gasteiger partial charge in [-0.2, -0.15) is 5.26 Å². The average molecular weight is 359 g/mol. The summed E-state index contributed by atoms with van der Waals surface area (Å²) in [5, 5.41) is 19.4. The summed E-state index contributed by atoms with van der Waals surface area (Å²) in [6.07, 6.45) is 2.86. The van der Waals surface area contributed by atoms with Crippen LogP contribution in [0.3, 0.4) is 0 Å². The van der Waals surface area contributed by atoms with Crippen molar-refractivity contribution in [3.63, 3.8) is 0 Å². The van der Waals surface area contributed by atoms with Gasteiger partial charge in [0, 0.05) is 18.2 Å². The molecular weight excluding hydrogens is 348 g/mol. The quantitative estimate of drug-likeness (QED) is 0.263. The maximum absolute atomic E-state index is 12.3. The number of nitro benzene ring substituents is 1. The van der Waals surface area contributed by atoms with Gasteiger partial charge in [0.05, 0.1) is 28.7 Å². The molecule has 7 nitrogen and oxygen atoms in total. The van der Waals surface area contributed by atoms with Crippen molar-refractivity contribution in [3.8, 4) is 17.6 Å². The second-order valence-corrected chi connectivity index (χ2v) is 5.09. The van der Waals surface area contributed by atoms with Gasteiger partial charge in [0.1, 0.15) is 0 Å². The molecule has 25 heavy (non-hydrogen) atoms. The minimum Gasteiger partial charge on any atom is -0.493 e. The van der Waals surface area contributed by atoms with Crippen molar-refractivity contribution >= 4 is 29.3 Å². The Morgan fingerprint density at radius 1 is 1.28 bits per heavy atom. The number of hydrogen-bond donors (Lipinski definition) is 0. The molecule has 0 aliphatic carbocycles. The minimum atomic E-state index is -0.854. The molecule has 2 rings (SSSR count). The highest BCUT2D eigenvalue weighted by Crippen LogP contribution is 2.30. The lowest BCUT2D eigenvalue weighted by Crippen LogP contribution is -2.10. The highest BCUT2D eigenvalue weighted by molar-refractivity contribution is 6.33. The van der Waals surface area contributed by atoms with E-state index in [1.54, 1.807) is 18.2 Å². The molecule has 0 aliphatic heterocycles. The smallest absolute Gasteiger partial charge is 0.345 e. The Balaban J connectivity index is 2.32. The Kier molecular flexibility index (Phi) is 5.71. The van der Waals surface area contributed by atoms with Crippen LogP contribution in [0.15, 0.2) is 42.5 Å². The van der Waals surface area contributed by atoms with E-state index in [4.69, 9.17) is 26.3 Å². The van der Waals surface area contributed by atoms with Crippen LogP contribution in [0.2, 0.25) is 5.02 Å². The summed E-state index contributed by atoms with van der Waals surface area (Å²) in [6.45, 7) is 0. The second kappa shape index (κ2) is 7.95. The van der Waals surface area contributed by atoms with Gasteiger partial charge in [0.2, 0.25) is 0 Å². The number of carbonyl (C=O) groups is 1. The lowest BCUT2D eigenvalue weighted by molar-refractivity contribution is -0.384. The third-order valence-electron chi connectivity index (χ3n) is 3.12. The number of rotatable bonds is 5. The van der Waals surface area contributed by atoms with Gasteiger partial charge in [-0.3, -0.25) is 10.1 Å². The summed E-state index contributed by atoms with van der Waals surface area (Å²) < 4.78 is 10.4. The molecule has 0 radical (unpaired) electrons. The van der Waals surface area contributed by atoms with Crippen molar-refractivity contribution in [2.45, 2.75) is 0 Å². The van der Waals surface area contributed by atoms with E-state index < -0.39 is 10.9 Å². The maximum Gasteiger partial charge on any atom is 0.345 e. The van der Waals surface area contributed by atoms with E-state index >= 15 is 0 Å². The first kappa shape index (κ1) is 18.0. The number of hydrogen-bond acceptors (Lipinski definition) is 6. The number of nitriles is 1. The SMILES string of the molecule is COc1cc(/C=C\C#N)ccc1OC(=O)c1cc([N+](=O)[O-])ccc1Cl. The zero-order valence-electron chi connectivity index (χ0n) is 12.9. The fourth-order valence-electron chi connectivity index (χ4n) is 1.94. The van der Waals surface area contributed by atoms with E-state index in [0.29, 0.717) is 5.56 Å². The number of benzene rings is 2. The Hall–Kier alpha value is -3.37. The van der Waals surface area contributed by atoms with Gasteiger partial charge < -0.3 is 9.47 Å². The van der Waals surface area contributed by atoms with Crippen molar-refractivity contribution in [3.05, 3.63) is 68.7 Å². The largest absolute Gasteiger partial charge is 0.493 e. The Labute approximate surface area is 147 Å². The number of methoxy groups -OCH3 is 1. The van der Waals surface area contributed by atoms with Gasteiger partial charge in [0.25, 0.3) is 5.69 Å².